The standard InChI is InChI=1S/C22H31BrO2/c1-5-18(23)10-8-9-13-24-21-14-17(4)22(25-15-16(2)3)20-12-7-6-11-19(20)21/h6-7,11-12,14,16,18H,5,8-10,13,15H2,1-4H3. The molecule has 2 aromatic rings. The van der Waals surface area contributed by atoms with Gasteiger partial charge in [0.15, 0.2) is 0 Å². The van der Waals surface area contributed by atoms with Crippen molar-refractivity contribution in [2.24, 2.45) is 5.92 Å². The minimum absolute atomic E-state index is 0.510. The maximum atomic E-state index is 6.13. The summed E-state index contributed by atoms with van der Waals surface area (Å²) < 4.78 is 12.2. The van der Waals surface area contributed by atoms with Crippen molar-refractivity contribution in [1.82, 2.24) is 0 Å². The monoisotopic (exact) mass is 406 g/mol. The van der Waals surface area contributed by atoms with Gasteiger partial charge in [-0.05, 0) is 50.2 Å². The van der Waals surface area contributed by atoms with Crippen LogP contribution in [0.15, 0.2) is 30.3 Å². The molecule has 0 aliphatic heterocycles. The van der Waals surface area contributed by atoms with Crippen molar-refractivity contribution in [2.75, 3.05) is 13.2 Å². The molecule has 0 fully saturated rings. The molecule has 1 unspecified atom stereocenters. The average Bonchev–Trinajstić information content (AvgIpc) is 2.60. The van der Waals surface area contributed by atoms with Crippen molar-refractivity contribution < 1.29 is 9.47 Å². The molecule has 0 aliphatic rings. The minimum atomic E-state index is 0.510. The van der Waals surface area contributed by atoms with E-state index < -0.39 is 0 Å². The largest absolute Gasteiger partial charge is 0.493 e. The van der Waals surface area contributed by atoms with Crippen molar-refractivity contribution >= 4 is 26.7 Å². The van der Waals surface area contributed by atoms with Crippen LogP contribution in [-0.4, -0.2) is 18.0 Å². The normalized spacial score (nSPS) is 12.6. The number of alkyl halides is 1. The Balaban J connectivity index is 2.09. The summed E-state index contributed by atoms with van der Waals surface area (Å²) in [6.45, 7) is 10.2. The van der Waals surface area contributed by atoms with Crippen molar-refractivity contribution in [3.8, 4) is 11.5 Å². The number of unbranched alkanes of at least 4 members (excludes halogenated alkanes) is 1. The van der Waals surface area contributed by atoms with Crippen molar-refractivity contribution in [3.63, 3.8) is 0 Å². The van der Waals surface area contributed by atoms with Gasteiger partial charge in [0, 0.05) is 15.6 Å². The molecular weight excluding hydrogens is 376 g/mol. The zero-order valence-electron chi connectivity index (χ0n) is 16.0. The molecular formula is C22H31BrO2. The van der Waals surface area contributed by atoms with E-state index in [9.17, 15) is 0 Å². The van der Waals surface area contributed by atoms with Crippen molar-refractivity contribution in [2.45, 2.75) is 58.2 Å². The van der Waals surface area contributed by atoms with Crippen LogP contribution in [0.1, 0.15) is 52.0 Å². The molecule has 25 heavy (non-hydrogen) atoms. The third-order valence-electron chi connectivity index (χ3n) is 4.32. The molecule has 0 saturated heterocycles. The van der Waals surface area contributed by atoms with Crippen LogP contribution in [0, 0.1) is 12.8 Å². The fourth-order valence-corrected chi connectivity index (χ4v) is 3.19. The van der Waals surface area contributed by atoms with E-state index >= 15 is 0 Å². The van der Waals surface area contributed by atoms with Crippen LogP contribution in [0.25, 0.3) is 10.8 Å². The van der Waals surface area contributed by atoms with Gasteiger partial charge in [-0.2, -0.15) is 0 Å². The second-order valence-corrected chi connectivity index (χ2v) is 8.42. The van der Waals surface area contributed by atoms with Crippen LogP contribution in [0.5, 0.6) is 11.5 Å². The van der Waals surface area contributed by atoms with E-state index in [1.54, 1.807) is 0 Å². The molecule has 0 aromatic heterocycles. The quantitative estimate of drug-likeness (QED) is 0.315. The summed E-state index contributed by atoms with van der Waals surface area (Å²) in [4.78, 5) is 0.632. The maximum Gasteiger partial charge on any atom is 0.130 e. The van der Waals surface area contributed by atoms with E-state index in [4.69, 9.17) is 9.47 Å². The lowest BCUT2D eigenvalue weighted by Gasteiger charge is -2.17. The molecule has 0 heterocycles. The molecule has 2 aromatic carbocycles. The van der Waals surface area contributed by atoms with Crippen LogP contribution in [0.4, 0.5) is 0 Å². The van der Waals surface area contributed by atoms with E-state index in [0.717, 1.165) is 47.5 Å². The highest BCUT2D eigenvalue weighted by atomic mass is 79.9. The Morgan fingerprint density at radius 1 is 1.04 bits per heavy atom. The number of halogens is 1. The Bertz CT molecular complexity index is 666. The number of hydrogen-bond donors (Lipinski definition) is 0. The van der Waals surface area contributed by atoms with Gasteiger partial charge in [0.2, 0.25) is 0 Å². The van der Waals surface area contributed by atoms with Crippen LogP contribution >= 0.6 is 15.9 Å². The molecule has 3 heteroatoms. The van der Waals surface area contributed by atoms with Crippen molar-refractivity contribution in [1.29, 1.82) is 0 Å². The Kier molecular flexibility index (Phi) is 8.08. The van der Waals surface area contributed by atoms with E-state index in [1.165, 1.54) is 19.3 Å². The fraction of sp³-hybridized carbons (Fsp3) is 0.545. The van der Waals surface area contributed by atoms with Gasteiger partial charge in [-0.25, -0.2) is 0 Å². The molecule has 0 radical (unpaired) electrons. The summed E-state index contributed by atoms with van der Waals surface area (Å²) >= 11 is 3.69. The summed E-state index contributed by atoms with van der Waals surface area (Å²) in [5, 5.41) is 2.28. The van der Waals surface area contributed by atoms with Crippen LogP contribution in [-0.2, 0) is 0 Å². The van der Waals surface area contributed by atoms with Gasteiger partial charge >= 0.3 is 0 Å². The van der Waals surface area contributed by atoms with E-state index in [-0.39, 0.29) is 0 Å². The Morgan fingerprint density at radius 3 is 2.44 bits per heavy atom. The summed E-state index contributed by atoms with van der Waals surface area (Å²) in [5.41, 5.74) is 1.14. The molecule has 0 spiro atoms. The van der Waals surface area contributed by atoms with E-state index in [0.29, 0.717) is 10.7 Å². The molecule has 0 amide bonds. The first-order valence-corrected chi connectivity index (χ1v) is 10.4. The van der Waals surface area contributed by atoms with E-state index in [2.05, 4.69) is 74.0 Å². The average molecular weight is 407 g/mol. The molecule has 2 nitrogen and oxygen atoms in total. The zero-order valence-corrected chi connectivity index (χ0v) is 17.6. The van der Waals surface area contributed by atoms with Gasteiger partial charge in [-0.15, -0.1) is 0 Å². The Hall–Kier alpha value is -1.22. The highest BCUT2D eigenvalue weighted by Gasteiger charge is 2.12. The number of hydrogen-bond acceptors (Lipinski definition) is 2. The predicted molar refractivity (Wildman–Crippen MR) is 111 cm³/mol. The number of fused-ring (bicyclic) bond motifs is 1. The fourth-order valence-electron chi connectivity index (χ4n) is 2.86. The summed E-state index contributed by atoms with van der Waals surface area (Å²) in [5.74, 6) is 2.47. The van der Waals surface area contributed by atoms with Crippen LogP contribution in [0.2, 0.25) is 0 Å². The van der Waals surface area contributed by atoms with Crippen molar-refractivity contribution in [3.05, 3.63) is 35.9 Å². The van der Waals surface area contributed by atoms with Gasteiger partial charge in [0.1, 0.15) is 11.5 Å². The maximum absolute atomic E-state index is 6.13. The summed E-state index contributed by atoms with van der Waals surface area (Å²) in [6.07, 6.45) is 4.67. The molecule has 1 atom stereocenters. The number of benzene rings is 2. The Morgan fingerprint density at radius 2 is 1.76 bits per heavy atom. The zero-order chi connectivity index (χ0) is 18.2. The lowest BCUT2D eigenvalue weighted by Crippen LogP contribution is -2.06. The third-order valence-corrected chi connectivity index (χ3v) is 5.42. The van der Waals surface area contributed by atoms with Crippen LogP contribution in [0.3, 0.4) is 0 Å². The first-order valence-electron chi connectivity index (χ1n) is 9.45. The molecule has 2 rings (SSSR count). The van der Waals surface area contributed by atoms with Gasteiger partial charge in [0.05, 0.1) is 13.2 Å². The lowest BCUT2D eigenvalue weighted by atomic mass is 10.0. The second kappa shape index (κ2) is 10.1. The van der Waals surface area contributed by atoms with Gasteiger partial charge in [0.25, 0.3) is 0 Å². The minimum Gasteiger partial charge on any atom is -0.493 e. The highest BCUT2D eigenvalue weighted by Crippen LogP contribution is 2.36. The lowest BCUT2D eigenvalue weighted by molar-refractivity contribution is 0.271. The number of aryl methyl sites for hydroxylation is 1. The molecule has 0 N–H and O–H groups in total. The predicted octanol–water partition coefficient (Wildman–Crippen LogP) is 6.91. The number of ether oxygens (including phenoxy) is 2. The van der Waals surface area contributed by atoms with Crippen LogP contribution < -0.4 is 9.47 Å². The molecule has 0 saturated carbocycles. The highest BCUT2D eigenvalue weighted by molar-refractivity contribution is 9.09. The van der Waals surface area contributed by atoms with Gasteiger partial charge in [-0.3, -0.25) is 0 Å². The smallest absolute Gasteiger partial charge is 0.130 e. The van der Waals surface area contributed by atoms with Gasteiger partial charge < -0.3 is 9.47 Å². The second-order valence-electron chi connectivity index (χ2n) is 7.12. The summed E-state index contributed by atoms with van der Waals surface area (Å²) in [7, 11) is 0. The van der Waals surface area contributed by atoms with E-state index in [1.807, 2.05) is 0 Å². The third kappa shape index (κ3) is 5.91. The first kappa shape index (κ1) is 20.1. The summed E-state index contributed by atoms with van der Waals surface area (Å²) in [6, 6.07) is 10.5. The topological polar surface area (TPSA) is 18.5 Å². The first-order chi connectivity index (χ1) is 12.0. The Labute approximate surface area is 161 Å². The molecule has 0 aliphatic carbocycles. The SMILES string of the molecule is CCC(Br)CCCCOc1cc(C)c(OCC(C)C)c2ccccc12. The number of rotatable bonds is 10. The molecule has 0 bridgehead atoms. The van der Waals surface area contributed by atoms with Gasteiger partial charge in [-0.1, -0.05) is 61.0 Å². The molecule has 138 valence electrons.